The van der Waals surface area contributed by atoms with E-state index in [9.17, 15) is 0 Å². The molecular weight excluding hydrogens is 222 g/mol. The van der Waals surface area contributed by atoms with Crippen LogP contribution in [0.5, 0.6) is 0 Å². The van der Waals surface area contributed by atoms with E-state index in [4.69, 9.17) is 0 Å². The number of aromatic nitrogens is 2. The van der Waals surface area contributed by atoms with Crippen LogP contribution < -0.4 is 5.32 Å². The minimum Gasteiger partial charge on any atom is -0.309 e. The van der Waals surface area contributed by atoms with Gasteiger partial charge in [-0.3, -0.25) is 9.97 Å². The summed E-state index contributed by atoms with van der Waals surface area (Å²) in [7, 11) is 0. The largest absolute Gasteiger partial charge is 0.309 e. The minimum absolute atomic E-state index is 0.299. The van der Waals surface area contributed by atoms with E-state index in [-0.39, 0.29) is 0 Å². The molecule has 18 heavy (non-hydrogen) atoms. The Labute approximate surface area is 110 Å². The van der Waals surface area contributed by atoms with Gasteiger partial charge in [0.2, 0.25) is 0 Å². The Balaban J connectivity index is 1.88. The first-order chi connectivity index (χ1) is 8.68. The average Bonchev–Trinajstić information content (AvgIpc) is 2.38. The van der Waals surface area contributed by atoms with Gasteiger partial charge in [0.05, 0.1) is 11.4 Å². The lowest BCUT2D eigenvalue weighted by molar-refractivity contribution is 0.242. The molecule has 0 bridgehead atoms. The molecule has 1 aliphatic carbocycles. The second-order valence-electron chi connectivity index (χ2n) is 5.68. The summed E-state index contributed by atoms with van der Waals surface area (Å²) in [4.78, 5) is 8.74. The molecule has 100 valence electrons. The first-order valence-corrected chi connectivity index (χ1v) is 7.19. The Hall–Kier alpha value is -0.960. The van der Waals surface area contributed by atoms with Crippen LogP contribution in [0, 0.1) is 18.8 Å². The van der Waals surface area contributed by atoms with Crippen molar-refractivity contribution in [3.8, 4) is 0 Å². The lowest BCUT2D eigenvalue weighted by atomic mass is 9.80. The topological polar surface area (TPSA) is 37.8 Å². The molecule has 0 amide bonds. The summed E-state index contributed by atoms with van der Waals surface area (Å²) in [5.41, 5.74) is 2.12. The van der Waals surface area contributed by atoms with Crippen LogP contribution in [0.15, 0.2) is 12.4 Å². The molecule has 1 heterocycles. The smallest absolute Gasteiger partial charge is 0.0782 e. The Kier molecular flexibility index (Phi) is 4.70. The highest BCUT2D eigenvalue weighted by atomic mass is 14.9. The van der Waals surface area contributed by atoms with Gasteiger partial charge >= 0.3 is 0 Å². The second kappa shape index (κ2) is 6.28. The van der Waals surface area contributed by atoms with Crippen molar-refractivity contribution in [1.29, 1.82) is 0 Å². The van der Waals surface area contributed by atoms with E-state index in [1.165, 1.54) is 25.7 Å². The highest BCUT2D eigenvalue weighted by Gasteiger charge is 2.22. The lowest BCUT2D eigenvalue weighted by Crippen LogP contribution is -2.31. The van der Waals surface area contributed by atoms with E-state index in [2.05, 4.69) is 29.1 Å². The van der Waals surface area contributed by atoms with Crippen LogP contribution in [0.25, 0.3) is 0 Å². The molecule has 1 saturated carbocycles. The molecule has 1 aromatic heterocycles. The van der Waals surface area contributed by atoms with E-state index in [1.807, 2.05) is 6.92 Å². The van der Waals surface area contributed by atoms with Gasteiger partial charge in [-0.25, -0.2) is 0 Å². The van der Waals surface area contributed by atoms with Gasteiger partial charge in [-0.1, -0.05) is 26.2 Å². The van der Waals surface area contributed by atoms with Crippen LogP contribution in [-0.4, -0.2) is 16.5 Å². The molecule has 1 aromatic rings. The van der Waals surface area contributed by atoms with Crippen molar-refractivity contribution < 1.29 is 0 Å². The highest BCUT2D eigenvalue weighted by Crippen LogP contribution is 2.29. The van der Waals surface area contributed by atoms with Crippen molar-refractivity contribution in [2.24, 2.45) is 11.8 Å². The number of aryl methyl sites for hydroxylation is 1. The van der Waals surface area contributed by atoms with Crippen LogP contribution in [0.2, 0.25) is 0 Å². The molecule has 0 radical (unpaired) electrons. The van der Waals surface area contributed by atoms with Crippen molar-refractivity contribution >= 4 is 0 Å². The van der Waals surface area contributed by atoms with Gasteiger partial charge in [-0.15, -0.1) is 0 Å². The molecule has 3 heteroatoms. The maximum Gasteiger partial charge on any atom is 0.0782 e. The molecule has 0 spiro atoms. The highest BCUT2D eigenvalue weighted by molar-refractivity contribution is 5.12. The molecule has 1 N–H and O–H groups in total. The fourth-order valence-electron chi connectivity index (χ4n) is 2.96. The van der Waals surface area contributed by atoms with Gasteiger partial charge in [-0.2, -0.15) is 0 Å². The fraction of sp³-hybridized carbons (Fsp3) is 0.733. The van der Waals surface area contributed by atoms with Crippen LogP contribution in [0.4, 0.5) is 0 Å². The predicted molar refractivity (Wildman–Crippen MR) is 74.3 cm³/mol. The number of rotatable bonds is 4. The zero-order valence-electron chi connectivity index (χ0n) is 11.8. The Morgan fingerprint density at radius 3 is 2.72 bits per heavy atom. The van der Waals surface area contributed by atoms with Crippen LogP contribution in [-0.2, 0) is 0 Å². The summed E-state index contributed by atoms with van der Waals surface area (Å²) in [6, 6.07) is 0.299. The zero-order chi connectivity index (χ0) is 13.0. The van der Waals surface area contributed by atoms with Gasteiger partial charge in [0.1, 0.15) is 0 Å². The van der Waals surface area contributed by atoms with Gasteiger partial charge in [0.15, 0.2) is 0 Å². The van der Waals surface area contributed by atoms with E-state index >= 15 is 0 Å². The molecule has 1 aliphatic rings. The second-order valence-corrected chi connectivity index (χ2v) is 5.68. The number of nitrogens with one attached hydrogen (secondary N) is 1. The average molecular weight is 247 g/mol. The quantitative estimate of drug-likeness (QED) is 0.887. The lowest BCUT2D eigenvalue weighted by Gasteiger charge is -2.30. The van der Waals surface area contributed by atoms with Crippen molar-refractivity contribution in [2.75, 3.05) is 6.54 Å². The predicted octanol–water partition coefficient (Wildman–Crippen LogP) is 3.26. The van der Waals surface area contributed by atoms with E-state index < -0.39 is 0 Å². The first-order valence-electron chi connectivity index (χ1n) is 7.19. The van der Waals surface area contributed by atoms with Crippen molar-refractivity contribution in [1.82, 2.24) is 15.3 Å². The third-order valence-corrected chi connectivity index (χ3v) is 4.30. The third kappa shape index (κ3) is 3.29. The van der Waals surface area contributed by atoms with Gasteiger partial charge < -0.3 is 5.32 Å². The number of nitrogens with zero attached hydrogens (tertiary/aromatic N) is 2. The van der Waals surface area contributed by atoms with Crippen molar-refractivity contribution in [3.63, 3.8) is 0 Å². The molecule has 3 nitrogen and oxygen atoms in total. The number of hydrogen-bond acceptors (Lipinski definition) is 3. The van der Waals surface area contributed by atoms with Crippen LogP contribution in [0.1, 0.15) is 57.0 Å². The zero-order valence-corrected chi connectivity index (χ0v) is 11.8. The van der Waals surface area contributed by atoms with Gasteiger partial charge in [0.25, 0.3) is 0 Å². The van der Waals surface area contributed by atoms with E-state index in [0.717, 1.165) is 29.8 Å². The summed E-state index contributed by atoms with van der Waals surface area (Å²) in [6.07, 6.45) is 9.12. The maximum absolute atomic E-state index is 4.44. The number of hydrogen-bond donors (Lipinski definition) is 1. The van der Waals surface area contributed by atoms with E-state index in [1.54, 1.807) is 12.4 Å². The monoisotopic (exact) mass is 247 g/mol. The molecule has 3 unspecified atom stereocenters. The fourth-order valence-corrected chi connectivity index (χ4v) is 2.96. The Bertz CT molecular complexity index is 378. The third-order valence-electron chi connectivity index (χ3n) is 4.30. The Morgan fingerprint density at radius 1 is 1.28 bits per heavy atom. The summed E-state index contributed by atoms with van der Waals surface area (Å²) in [5, 5.41) is 3.64. The first kappa shape index (κ1) is 13.5. The molecular formula is C15H25N3. The summed E-state index contributed by atoms with van der Waals surface area (Å²) >= 11 is 0. The molecule has 3 atom stereocenters. The normalized spacial score (nSPS) is 25.9. The summed E-state index contributed by atoms with van der Waals surface area (Å²) in [6.45, 7) is 7.72. The summed E-state index contributed by atoms with van der Waals surface area (Å²) in [5.74, 6) is 1.69. The van der Waals surface area contributed by atoms with Crippen molar-refractivity contribution in [2.45, 2.75) is 52.5 Å². The van der Waals surface area contributed by atoms with Crippen LogP contribution in [0.3, 0.4) is 0 Å². The van der Waals surface area contributed by atoms with E-state index in [0.29, 0.717) is 6.04 Å². The molecule has 0 saturated heterocycles. The molecule has 0 aliphatic heterocycles. The van der Waals surface area contributed by atoms with Gasteiger partial charge in [-0.05, 0) is 38.6 Å². The minimum atomic E-state index is 0.299. The van der Waals surface area contributed by atoms with Crippen molar-refractivity contribution in [3.05, 3.63) is 23.8 Å². The molecule has 2 rings (SSSR count). The Morgan fingerprint density at radius 2 is 2.00 bits per heavy atom. The standard InChI is InChI=1S/C15H25N3/c1-11-6-4-5-7-14(11)10-18-13(3)15-12(2)16-8-9-17-15/h8-9,11,13-14,18H,4-7,10H2,1-3H3. The molecule has 0 aromatic carbocycles. The summed E-state index contributed by atoms with van der Waals surface area (Å²) < 4.78 is 0. The SMILES string of the molecule is Cc1nccnc1C(C)NCC1CCCCC1C. The maximum atomic E-state index is 4.44. The van der Waals surface area contributed by atoms with Crippen LogP contribution >= 0.6 is 0 Å². The van der Waals surface area contributed by atoms with Gasteiger partial charge in [0, 0.05) is 18.4 Å². The molecule has 1 fully saturated rings.